The van der Waals surface area contributed by atoms with Gasteiger partial charge in [-0.25, -0.2) is 0 Å². The van der Waals surface area contributed by atoms with Crippen LogP contribution in [0, 0.1) is 13.8 Å². The quantitative estimate of drug-likeness (QED) is 0.119. The van der Waals surface area contributed by atoms with Crippen molar-refractivity contribution in [1.29, 1.82) is 0 Å². The lowest BCUT2D eigenvalue weighted by atomic mass is 10.1. The molecular weight excluding hydrogens is 745 g/mol. The third kappa shape index (κ3) is 118. The molecule has 0 atom stereocenters. The zero-order chi connectivity index (χ0) is 49.0. The zero-order valence-corrected chi connectivity index (χ0v) is 46.8. The molecule has 0 heterocycles. The minimum absolute atomic E-state index is 1.14. The van der Waals surface area contributed by atoms with Crippen LogP contribution in [-0.2, 0) is 6.42 Å². The highest BCUT2D eigenvalue weighted by Gasteiger charge is 1.84. The molecule has 62 heavy (non-hydrogen) atoms. The molecule has 370 valence electrons. The summed E-state index contributed by atoms with van der Waals surface area (Å²) in [4.78, 5) is 0. The molecule has 3 aromatic rings. The Morgan fingerprint density at radius 2 is 0.419 bits per heavy atom. The molecule has 0 aliphatic heterocycles. The molecule has 0 radical (unpaired) electrons. The Kier molecular flexibility index (Phi) is 111. The van der Waals surface area contributed by atoms with Crippen molar-refractivity contribution in [2.45, 2.75) is 292 Å². The van der Waals surface area contributed by atoms with Crippen molar-refractivity contribution >= 4 is 0 Å². The molecule has 0 aliphatic rings. The van der Waals surface area contributed by atoms with Gasteiger partial charge in [0, 0.05) is 0 Å². The van der Waals surface area contributed by atoms with Gasteiger partial charge in [-0.3, -0.25) is 0 Å². The minimum Gasteiger partial charge on any atom is -0.0656 e. The largest absolute Gasteiger partial charge is 0.0656 e. The lowest BCUT2D eigenvalue weighted by molar-refractivity contribution is 0.624. The summed E-state index contributed by atoms with van der Waals surface area (Å²) in [7, 11) is 0. The molecule has 0 aromatic heterocycles. The van der Waals surface area contributed by atoms with Gasteiger partial charge < -0.3 is 0 Å². The first-order chi connectivity index (χ1) is 30.0. The highest BCUT2D eigenvalue weighted by Crippen LogP contribution is 2.03. The van der Waals surface area contributed by atoms with Crippen LogP contribution >= 0.6 is 0 Å². The van der Waals surface area contributed by atoms with E-state index in [-0.39, 0.29) is 0 Å². The fourth-order valence-electron chi connectivity index (χ4n) is 4.17. The van der Waals surface area contributed by atoms with Crippen LogP contribution in [0.3, 0.4) is 0 Å². The van der Waals surface area contributed by atoms with Crippen LogP contribution in [0.25, 0.3) is 0 Å². The highest BCUT2D eigenvalue weighted by atomic mass is 13.9. The Morgan fingerprint density at radius 3 is 0.548 bits per heavy atom. The zero-order valence-electron chi connectivity index (χ0n) is 46.8. The Bertz CT molecular complexity index is 882. The summed E-state index contributed by atoms with van der Waals surface area (Å²) in [5, 5.41) is 0. The number of benzene rings is 3. The summed E-state index contributed by atoms with van der Waals surface area (Å²) in [5.41, 5.74) is 4.05. The van der Waals surface area contributed by atoms with Crippen molar-refractivity contribution < 1.29 is 0 Å². The maximum absolute atomic E-state index is 2.26. The summed E-state index contributed by atoms with van der Waals surface area (Å²) in [6.45, 7) is 41.4. The van der Waals surface area contributed by atoms with Gasteiger partial charge in [-0.05, 0) is 25.8 Å². The number of rotatable bonds is 17. The average Bonchev–Trinajstić information content (AvgIpc) is 3.30. The lowest BCUT2D eigenvalue weighted by Crippen LogP contribution is -1.73. The van der Waals surface area contributed by atoms with Gasteiger partial charge in [0.25, 0.3) is 0 Å². The van der Waals surface area contributed by atoms with Crippen molar-refractivity contribution in [2.24, 2.45) is 0 Å². The predicted molar refractivity (Wildman–Crippen MR) is 300 cm³/mol. The lowest BCUT2D eigenvalue weighted by Gasteiger charge is -1.93. The summed E-state index contributed by atoms with van der Waals surface area (Å²) < 4.78 is 0. The van der Waals surface area contributed by atoms with Gasteiger partial charge in [0.05, 0.1) is 0 Å². The molecule has 0 amide bonds. The van der Waals surface area contributed by atoms with Gasteiger partial charge in [-0.2, -0.15) is 0 Å². The summed E-state index contributed by atoms with van der Waals surface area (Å²) >= 11 is 0. The van der Waals surface area contributed by atoms with Gasteiger partial charge in [-0.15, -0.1) is 0 Å². The fraction of sp³-hybridized carbons (Fsp3) is 0.710. The van der Waals surface area contributed by atoms with Crippen molar-refractivity contribution in [3.63, 3.8) is 0 Å². The highest BCUT2D eigenvalue weighted by molar-refractivity contribution is 5.14. The van der Waals surface area contributed by atoms with E-state index in [2.05, 4.69) is 180 Å². The van der Waals surface area contributed by atoms with E-state index in [4.69, 9.17) is 0 Å². The maximum Gasteiger partial charge on any atom is -0.0307 e. The van der Waals surface area contributed by atoms with Crippen LogP contribution < -0.4 is 0 Å². The van der Waals surface area contributed by atoms with E-state index in [0.29, 0.717) is 0 Å². The summed E-state index contributed by atoms with van der Waals surface area (Å²) in [6.07, 6.45) is 34.0. The molecule has 0 fully saturated rings. The van der Waals surface area contributed by atoms with Crippen molar-refractivity contribution in [1.82, 2.24) is 0 Å². The average molecular weight is 868 g/mol. The Morgan fingerprint density at radius 1 is 0.226 bits per heavy atom. The molecule has 0 bridgehead atoms. The Labute approximate surface area is 398 Å². The summed E-state index contributed by atoms with van der Waals surface area (Å²) in [6, 6.07) is 31.0. The predicted octanol–water partition coefficient (Wildman–Crippen LogP) is 23.8. The van der Waals surface area contributed by atoms with Gasteiger partial charge >= 0.3 is 0 Å². The van der Waals surface area contributed by atoms with Gasteiger partial charge in [0.15, 0.2) is 0 Å². The molecule has 0 aliphatic carbocycles. The van der Waals surface area contributed by atoms with Gasteiger partial charge in [0.2, 0.25) is 0 Å². The molecule has 3 rings (SSSR count). The minimum atomic E-state index is 1.14. The van der Waals surface area contributed by atoms with Crippen LogP contribution in [0.5, 0.6) is 0 Å². The first kappa shape index (κ1) is 76.9. The first-order valence-electron chi connectivity index (χ1n) is 27.1. The third-order valence-corrected chi connectivity index (χ3v) is 8.46. The van der Waals surface area contributed by atoms with Crippen LogP contribution in [0.2, 0.25) is 0 Å². The van der Waals surface area contributed by atoms with Crippen LogP contribution in [0.4, 0.5) is 0 Å². The molecule has 0 unspecified atom stereocenters. The molecule has 0 N–H and O–H groups in total. The van der Waals surface area contributed by atoms with E-state index in [1.54, 1.807) is 0 Å². The maximum atomic E-state index is 2.26. The smallest absolute Gasteiger partial charge is 0.0307 e. The van der Waals surface area contributed by atoms with Crippen molar-refractivity contribution in [3.05, 3.63) is 108 Å². The molecule has 0 saturated heterocycles. The van der Waals surface area contributed by atoms with Gasteiger partial charge in [0.1, 0.15) is 0 Å². The van der Waals surface area contributed by atoms with E-state index in [0.717, 1.165) is 6.42 Å². The molecular formula is C62H122. The van der Waals surface area contributed by atoms with Gasteiger partial charge in [-0.1, -0.05) is 374 Å². The number of aryl methyl sites for hydroxylation is 3. The van der Waals surface area contributed by atoms with Crippen molar-refractivity contribution in [3.8, 4) is 0 Å². The van der Waals surface area contributed by atoms with E-state index >= 15 is 0 Å². The number of hydrogen-bond donors (Lipinski definition) is 0. The molecule has 0 saturated carbocycles. The van der Waals surface area contributed by atoms with Crippen LogP contribution in [0.15, 0.2) is 91.0 Å². The Hall–Kier alpha value is -2.34. The van der Waals surface area contributed by atoms with E-state index in [1.807, 2.05) is 42.5 Å². The van der Waals surface area contributed by atoms with Crippen LogP contribution in [0.1, 0.15) is 288 Å². The summed E-state index contributed by atoms with van der Waals surface area (Å²) in [5.74, 6) is 0. The molecule has 0 spiro atoms. The monoisotopic (exact) mass is 867 g/mol. The molecule has 0 heteroatoms. The Balaban J connectivity index is -0.0000000875. The second-order valence-corrected chi connectivity index (χ2v) is 16.1. The second kappa shape index (κ2) is 89.6. The SMILES string of the molecule is CCC.CCC.CCCC.CCCC.CCCCC.CCCCCC.CCCCCCC.CCCCCCCC.CCc1ccccc1.Cc1ccccc1.Cc1ccccc1. The molecule has 0 nitrogen and oxygen atoms in total. The van der Waals surface area contributed by atoms with Crippen molar-refractivity contribution in [2.75, 3.05) is 0 Å². The normalized spacial score (nSPS) is 8.56. The van der Waals surface area contributed by atoms with E-state index in [9.17, 15) is 0 Å². The second-order valence-electron chi connectivity index (χ2n) is 16.1. The first-order valence-corrected chi connectivity index (χ1v) is 27.1. The fourth-order valence-corrected chi connectivity index (χ4v) is 4.17. The molecule has 3 aromatic carbocycles. The van der Waals surface area contributed by atoms with Crippen LogP contribution in [-0.4, -0.2) is 0 Å². The third-order valence-electron chi connectivity index (χ3n) is 8.46. The number of hydrogen-bond acceptors (Lipinski definition) is 0. The standard InChI is InChI=1S/C8H10.C8H18.2C7H8.C7H16.C6H14.C5H12.2C4H10.2C3H8/c1-2-8-6-4-3-5-7-8;1-3-5-7-8-6-4-2;2*1-7-5-3-2-4-6-7;1-3-5-7-6-4-2;1-3-5-6-4-2;1-3-5-4-2;2*1-3-4-2;2*1-3-2/h3-7H,2H2,1H3;3-8H2,1-2H3;2*2-6H,1H3;3-7H2,1-2H3;3-6H2,1-2H3;3-5H2,1-2H3;2*3-4H2,1-2H3;2*3H2,1-2H3. The topological polar surface area (TPSA) is 0 Å². The number of unbranched alkanes of at least 4 members (excludes halogenated alkanes) is 16. The van der Waals surface area contributed by atoms with E-state index in [1.165, 1.54) is 171 Å². The van der Waals surface area contributed by atoms with E-state index < -0.39 is 0 Å².